The lowest BCUT2D eigenvalue weighted by atomic mass is 10.2. The van der Waals surface area contributed by atoms with Gasteiger partial charge in [0.1, 0.15) is 5.75 Å². The summed E-state index contributed by atoms with van der Waals surface area (Å²) in [4.78, 5) is 29.5. The van der Waals surface area contributed by atoms with Gasteiger partial charge in [0.05, 0.1) is 35.3 Å². The Kier molecular flexibility index (Phi) is 5.83. The van der Waals surface area contributed by atoms with E-state index in [4.69, 9.17) is 4.74 Å². The monoisotopic (exact) mass is 350 g/mol. The molecule has 0 fully saturated rings. The van der Waals surface area contributed by atoms with Crippen molar-refractivity contribution in [3.05, 3.63) is 44.4 Å². The molecule has 128 valence electrons. The van der Waals surface area contributed by atoms with E-state index in [1.54, 1.807) is 17.5 Å². The van der Waals surface area contributed by atoms with E-state index < -0.39 is 4.92 Å². The zero-order valence-electron chi connectivity index (χ0n) is 13.6. The molecule has 0 aliphatic carbocycles. The number of nitro benzene ring substituents is 1. The number of anilines is 1. The van der Waals surface area contributed by atoms with Gasteiger partial charge < -0.3 is 10.1 Å². The summed E-state index contributed by atoms with van der Waals surface area (Å²) in [5, 5.41) is 14.5. The predicted octanol–water partition coefficient (Wildman–Crippen LogP) is 2.44. The van der Waals surface area contributed by atoms with E-state index in [0.29, 0.717) is 12.2 Å². The number of aromatic nitrogens is 1. The Bertz CT molecular complexity index is 747. The molecule has 2 aromatic rings. The number of benzene rings is 1. The van der Waals surface area contributed by atoms with Crippen molar-refractivity contribution in [2.24, 2.45) is 0 Å². The Morgan fingerprint density at radius 3 is 2.83 bits per heavy atom. The molecule has 9 heteroatoms. The molecule has 0 aliphatic rings. The van der Waals surface area contributed by atoms with E-state index in [9.17, 15) is 14.9 Å². The smallest absolute Gasteiger partial charge is 0.273 e. The van der Waals surface area contributed by atoms with E-state index in [-0.39, 0.29) is 23.9 Å². The number of thiazole rings is 1. The molecule has 1 N–H and O–H groups in total. The largest absolute Gasteiger partial charge is 0.494 e. The summed E-state index contributed by atoms with van der Waals surface area (Å²) < 4.78 is 5.10. The van der Waals surface area contributed by atoms with Crippen LogP contribution in [0.1, 0.15) is 9.88 Å². The fraction of sp³-hybridized carbons (Fsp3) is 0.333. The average Bonchev–Trinajstić information content (AvgIpc) is 2.92. The minimum atomic E-state index is -0.515. The Balaban J connectivity index is 1.97. The fourth-order valence-corrected chi connectivity index (χ4v) is 3.01. The fourth-order valence-electron chi connectivity index (χ4n) is 2.13. The number of hydrogen-bond donors (Lipinski definition) is 1. The number of aryl methyl sites for hydroxylation is 1. The standard InChI is InChI=1S/C15H18N4O4S/c1-10-16-7-12(24-10)8-18(2)9-15(20)17-13-5-4-11(19(21)22)6-14(13)23-3/h4-7H,8-9H2,1-3H3,(H,17,20). The van der Waals surface area contributed by atoms with Crippen LogP contribution < -0.4 is 10.1 Å². The molecule has 0 aliphatic heterocycles. The number of amides is 1. The first-order chi connectivity index (χ1) is 11.4. The van der Waals surface area contributed by atoms with Crippen molar-refractivity contribution in [2.75, 3.05) is 26.0 Å². The second-order valence-electron chi connectivity index (χ2n) is 5.21. The number of ether oxygens (including phenoxy) is 1. The van der Waals surface area contributed by atoms with Crippen molar-refractivity contribution in [2.45, 2.75) is 13.5 Å². The van der Waals surface area contributed by atoms with Crippen molar-refractivity contribution in [1.82, 2.24) is 9.88 Å². The van der Waals surface area contributed by atoms with Gasteiger partial charge in [0.15, 0.2) is 0 Å². The molecule has 1 aromatic heterocycles. The molecule has 0 bridgehead atoms. The molecule has 1 heterocycles. The summed E-state index contributed by atoms with van der Waals surface area (Å²) in [7, 11) is 3.23. The van der Waals surface area contributed by atoms with E-state index in [2.05, 4.69) is 10.3 Å². The molecular formula is C15H18N4O4S. The summed E-state index contributed by atoms with van der Waals surface area (Å²) in [6.07, 6.45) is 1.80. The van der Waals surface area contributed by atoms with Gasteiger partial charge in [-0.05, 0) is 20.0 Å². The van der Waals surface area contributed by atoms with Gasteiger partial charge in [0.25, 0.3) is 5.69 Å². The van der Waals surface area contributed by atoms with Crippen molar-refractivity contribution >= 4 is 28.6 Å². The highest BCUT2D eigenvalue weighted by Crippen LogP contribution is 2.28. The van der Waals surface area contributed by atoms with Crippen molar-refractivity contribution in [3.63, 3.8) is 0 Å². The molecule has 0 unspecified atom stereocenters. The molecular weight excluding hydrogens is 332 g/mol. The Labute approximate surface area is 143 Å². The maximum absolute atomic E-state index is 12.2. The van der Waals surface area contributed by atoms with Crippen molar-refractivity contribution < 1.29 is 14.5 Å². The molecule has 0 atom stereocenters. The van der Waals surface area contributed by atoms with Crippen LogP contribution in [0.2, 0.25) is 0 Å². The molecule has 8 nitrogen and oxygen atoms in total. The van der Waals surface area contributed by atoms with Crippen molar-refractivity contribution in [3.8, 4) is 5.75 Å². The Morgan fingerprint density at radius 1 is 1.50 bits per heavy atom. The maximum Gasteiger partial charge on any atom is 0.273 e. The number of nitrogens with one attached hydrogen (secondary N) is 1. The first-order valence-corrected chi connectivity index (χ1v) is 7.93. The molecule has 0 spiro atoms. The number of nitrogens with zero attached hydrogens (tertiary/aromatic N) is 3. The van der Waals surface area contributed by atoms with Crippen LogP contribution >= 0.6 is 11.3 Å². The quantitative estimate of drug-likeness (QED) is 0.608. The summed E-state index contributed by atoms with van der Waals surface area (Å²) in [5.41, 5.74) is 0.303. The van der Waals surface area contributed by atoms with Crippen LogP contribution in [0.15, 0.2) is 24.4 Å². The molecule has 0 saturated heterocycles. The molecule has 0 radical (unpaired) electrons. The third-order valence-corrected chi connectivity index (χ3v) is 4.08. The lowest BCUT2D eigenvalue weighted by Gasteiger charge is -2.16. The highest BCUT2D eigenvalue weighted by Gasteiger charge is 2.14. The normalized spacial score (nSPS) is 10.7. The van der Waals surface area contributed by atoms with Gasteiger partial charge in [-0.25, -0.2) is 4.98 Å². The van der Waals surface area contributed by atoms with Crippen LogP contribution in [-0.2, 0) is 11.3 Å². The number of carbonyl (C=O) groups excluding carboxylic acids is 1. The lowest BCUT2D eigenvalue weighted by Crippen LogP contribution is -2.29. The highest BCUT2D eigenvalue weighted by atomic mass is 32.1. The Hall–Kier alpha value is -2.52. The average molecular weight is 350 g/mol. The molecule has 0 saturated carbocycles. The van der Waals surface area contributed by atoms with Gasteiger partial charge in [-0.3, -0.25) is 19.8 Å². The van der Waals surface area contributed by atoms with E-state index in [1.165, 1.54) is 25.3 Å². The van der Waals surface area contributed by atoms with Crippen LogP contribution in [-0.4, -0.2) is 41.4 Å². The third-order valence-electron chi connectivity index (χ3n) is 3.18. The third kappa shape index (κ3) is 4.74. The second kappa shape index (κ2) is 7.84. The van der Waals surface area contributed by atoms with Crippen LogP contribution in [0.5, 0.6) is 5.75 Å². The van der Waals surface area contributed by atoms with Gasteiger partial charge in [-0.1, -0.05) is 0 Å². The highest BCUT2D eigenvalue weighted by molar-refractivity contribution is 7.11. The minimum Gasteiger partial charge on any atom is -0.494 e. The zero-order valence-corrected chi connectivity index (χ0v) is 14.4. The van der Waals surface area contributed by atoms with Crippen LogP contribution in [0.25, 0.3) is 0 Å². The zero-order chi connectivity index (χ0) is 17.7. The number of methoxy groups -OCH3 is 1. The van der Waals surface area contributed by atoms with Gasteiger partial charge in [0, 0.05) is 23.7 Å². The van der Waals surface area contributed by atoms with Gasteiger partial charge >= 0.3 is 0 Å². The predicted molar refractivity (Wildman–Crippen MR) is 91.5 cm³/mol. The SMILES string of the molecule is COc1cc([N+](=O)[O-])ccc1NC(=O)CN(C)Cc1cnc(C)s1. The maximum atomic E-state index is 12.2. The number of rotatable bonds is 7. The Morgan fingerprint density at radius 2 is 2.25 bits per heavy atom. The molecule has 2 rings (SSSR count). The van der Waals surface area contributed by atoms with Gasteiger partial charge in [-0.15, -0.1) is 11.3 Å². The van der Waals surface area contributed by atoms with E-state index in [0.717, 1.165) is 9.88 Å². The van der Waals surface area contributed by atoms with Crippen LogP contribution in [0.4, 0.5) is 11.4 Å². The van der Waals surface area contributed by atoms with E-state index >= 15 is 0 Å². The first kappa shape index (κ1) is 17.8. The minimum absolute atomic E-state index is 0.0949. The van der Waals surface area contributed by atoms with E-state index in [1.807, 2.05) is 18.9 Å². The molecule has 24 heavy (non-hydrogen) atoms. The number of non-ortho nitro benzene ring substituents is 1. The summed E-state index contributed by atoms with van der Waals surface area (Å²) >= 11 is 1.59. The van der Waals surface area contributed by atoms with Crippen LogP contribution in [0, 0.1) is 17.0 Å². The van der Waals surface area contributed by atoms with Crippen molar-refractivity contribution in [1.29, 1.82) is 0 Å². The number of nitro groups is 1. The summed E-state index contributed by atoms with van der Waals surface area (Å²) in [6, 6.07) is 4.06. The lowest BCUT2D eigenvalue weighted by molar-refractivity contribution is -0.384. The number of likely N-dealkylation sites (N-methyl/N-ethyl adjacent to an activating group) is 1. The number of hydrogen-bond acceptors (Lipinski definition) is 7. The van der Waals surface area contributed by atoms with Gasteiger partial charge in [0.2, 0.25) is 5.91 Å². The molecule has 1 amide bonds. The summed E-state index contributed by atoms with van der Waals surface area (Å²) in [6.45, 7) is 2.73. The first-order valence-electron chi connectivity index (χ1n) is 7.11. The summed E-state index contributed by atoms with van der Waals surface area (Å²) in [5.74, 6) is 0.0178. The van der Waals surface area contributed by atoms with Crippen LogP contribution in [0.3, 0.4) is 0 Å². The molecule has 1 aromatic carbocycles. The second-order valence-corrected chi connectivity index (χ2v) is 6.53. The van der Waals surface area contributed by atoms with Gasteiger partial charge in [-0.2, -0.15) is 0 Å². The topological polar surface area (TPSA) is 97.6 Å². The number of carbonyl (C=O) groups is 1.